The van der Waals surface area contributed by atoms with Crippen LogP contribution in [0.2, 0.25) is 0 Å². The predicted molar refractivity (Wildman–Crippen MR) is 90.0 cm³/mol. The Bertz CT molecular complexity index is 850. The fraction of sp³-hybridized carbons (Fsp3) is 0.167. The molecule has 116 valence electrons. The Morgan fingerprint density at radius 3 is 2.43 bits per heavy atom. The number of aryl methyl sites for hydroxylation is 2. The van der Waals surface area contributed by atoms with Gasteiger partial charge in [0.05, 0.1) is 11.4 Å². The first-order valence-corrected chi connectivity index (χ1v) is 7.42. The number of anilines is 1. The molecule has 3 aromatic rings. The van der Waals surface area contributed by atoms with Crippen molar-refractivity contribution in [1.29, 1.82) is 0 Å². The summed E-state index contributed by atoms with van der Waals surface area (Å²) >= 11 is 0. The molecule has 0 bridgehead atoms. The minimum absolute atomic E-state index is 0.259. The molecule has 0 fully saturated rings. The number of carbonyl (C=O) groups excluding carboxylic acids is 1. The molecule has 2 aromatic carbocycles. The minimum atomic E-state index is -0.259. The molecule has 0 saturated heterocycles. The fourth-order valence-electron chi connectivity index (χ4n) is 2.37. The highest BCUT2D eigenvalue weighted by molar-refractivity contribution is 6.03. The summed E-state index contributed by atoms with van der Waals surface area (Å²) in [6.45, 7) is 5.86. The third-order valence-corrected chi connectivity index (χ3v) is 3.67. The number of hydrogen-bond acceptors (Lipinski definition) is 3. The smallest absolute Gasteiger partial charge is 0.278 e. The van der Waals surface area contributed by atoms with Crippen LogP contribution >= 0.6 is 0 Å². The van der Waals surface area contributed by atoms with E-state index in [1.807, 2.05) is 69.3 Å². The number of carbonyl (C=O) groups is 1. The largest absolute Gasteiger partial charge is 0.321 e. The lowest BCUT2D eigenvalue weighted by molar-refractivity contribution is 0.102. The standard InChI is InChI=1S/C18H18N4O/c1-12-7-9-15(10-8-12)19-18(23)17-14(3)22(21-20-17)16-6-4-5-13(2)11-16/h4-11H,1-3H3,(H,19,23). The predicted octanol–water partition coefficient (Wildman–Crippen LogP) is 3.44. The van der Waals surface area contributed by atoms with Gasteiger partial charge in [-0.3, -0.25) is 4.79 Å². The summed E-state index contributed by atoms with van der Waals surface area (Å²) < 4.78 is 1.68. The highest BCUT2D eigenvalue weighted by Gasteiger charge is 2.17. The highest BCUT2D eigenvalue weighted by Crippen LogP contribution is 2.15. The molecule has 0 unspecified atom stereocenters. The van der Waals surface area contributed by atoms with Crippen molar-refractivity contribution < 1.29 is 4.79 Å². The van der Waals surface area contributed by atoms with E-state index in [-0.39, 0.29) is 5.91 Å². The lowest BCUT2D eigenvalue weighted by Crippen LogP contribution is -2.14. The number of benzene rings is 2. The molecule has 0 aliphatic rings. The van der Waals surface area contributed by atoms with Crippen LogP contribution in [0.1, 0.15) is 27.3 Å². The molecule has 0 radical (unpaired) electrons. The van der Waals surface area contributed by atoms with Crippen LogP contribution in [0.4, 0.5) is 5.69 Å². The number of amides is 1. The molecule has 23 heavy (non-hydrogen) atoms. The van der Waals surface area contributed by atoms with Gasteiger partial charge in [-0.15, -0.1) is 5.10 Å². The zero-order valence-electron chi connectivity index (χ0n) is 13.4. The van der Waals surface area contributed by atoms with Gasteiger partial charge in [-0.25, -0.2) is 4.68 Å². The van der Waals surface area contributed by atoms with Crippen LogP contribution in [0.25, 0.3) is 5.69 Å². The van der Waals surface area contributed by atoms with E-state index in [0.29, 0.717) is 11.4 Å². The third kappa shape index (κ3) is 3.13. The maximum absolute atomic E-state index is 12.4. The van der Waals surface area contributed by atoms with Gasteiger partial charge in [-0.1, -0.05) is 35.0 Å². The van der Waals surface area contributed by atoms with Crippen LogP contribution in [-0.2, 0) is 0 Å². The Balaban J connectivity index is 1.86. The summed E-state index contributed by atoms with van der Waals surface area (Å²) in [6.07, 6.45) is 0. The third-order valence-electron chi connectivity index (χ3n) is 3.67. The number of aromatic nitrogens is 3. The Hall–Kier alpha value is -2.95. The number of hydrogen-bond donors (Lipinski definition) is 1. The van der Waals surface area contributed by atoms with E-state index in [1.165, 1.54) is 0 Å². The molecule has 1 N–H and O–H groups in total. The van der Waals surface area contributed by atoms with Gasteiger partial charge in [0.2, 0.25) is 0 Å². The van der Waals surface area contributed by atoms with E-state index in [2.05, 4.69) is 15.6 Å². The Kier molecular flexibility index (Phi) is 3.93. The number of nitrogens with zero attached hydrogens (tertiary/aromatic N) is 3. The van der Waals surface area contributed by atoms with Crippen LogP contribution in [0, 0.1) is 20.8 Å². The van der Waals surface area contributed by atoms with Crippen molar-refractivity contribution in [2.24, 2.45) is 0 Å². The van der Waals surface area contributed by atoms with Crippen molar-refractivity contribution >= 4 is 11.6 Å². The number of nitrogens with one attached hydrogen (secondary N) is 1. The molecule has 1 heterocycles. The first-order chi connectivity index (χ1) is 11.0. The zero-order valence-corrected chi connectivity index (χ0v) is 13.4. The van der Waals surface area contributed by atoms with Crippen molar-refractivity contribution in [3.63, 3.8) is 0 Å². The fourth-order valence-corrected chi connectivity index (χ4v) is 2.37. The molecule has 1 aromatic heterocycles. The van der Waals surface area contributed by atoms with Crippen molar-refractivity contribution in [1.82, 2.24) is 15.0 Å². The molecular weight excluding hydrogens is 288 g/mol. The average Bonchev–Trinajstić information content (AvgIpc) is 2.91. The summed E-state index contributed by atoms with van der Waals surface area (Å²) in [6, 6.07) is 15.6. The molecule has 1 amide bonds. The van der Waals surface area contributed by atoms with Crippen molar-refractivity contribution in [2.45, 2.75) is 20.8 Å². The second-order valence-electron chi connectivity index (χ2n) is 5.59. The van der Waals surface area contributed by atoms with Crippen LogP contribution < -0.4 is 5.32 Å². The number of rotatable bonds is 3. The van der Waals surface area contributed by atoms with E-state index in [4.69, 9.17) is 0 Å². The molecule has 0 aliphatic carbocycles. The summed E-state index contributed by atoms with van der Waals surface area (Å²) in [5.41, 5.74) is 4.94. The molecule has 0 atom stereocenters. The van der Waals surface area contributed by atoms with Crippen LogP contribution in [0.5, 0.6) is 0 Å². The van der Waals surface area contributed by atoms with Crippen molar-refractivity contribution in [3.05, 3.63) is 71.0 Å². The Labute approximate surface area is 135 Å². The van der Waals surface area contributed by atoms with E-state index in [9.17, 15) is 4.79 Å². The molecule has 0 spiro atoms. The van der Waals surface area contributed by atoms with Gasteiger partial charge >= 0.3 is 0 Å². The topological polar surface area (TPSA) is 59.8 Å². The molecule has 5 heteroatoms. The maximum Gasteiger partial charge on any atom is 0.278 e. The van der Waals surface area contributed by atoms with Crippen LogP contribution in [-0.4, -0.2) is 20.9 Å². The zero-order chi connectivity index (χ0) is 16.4. The van der Waals surface area contributed by atoms with Gasteiger partial charge in [-0.2, -0.15) is 0 Å². The Morgan fingerprint density at radius 2 is 1.74 bits per heavy atom. The van der Waals surface area contributed by atoms with Crippen molar-refractivity contribution in [3.8, 4) is 5.69 Å². The minimum Gasteiger partial charge on any atom is -0.321 e. The van der Waals surface area contributed by atoms with Gasteiger partial charge in [0.1, 0.15) is 0 Å². The van der Waals surface area contributed by atoms with Gasteiger partial charge in [0.25, 0.3) is 5.91 Å². The normalized spacial score (nSPS) is 10.6. The monoisotopic (exact) mass is 306 g/mol. The SMILES string of the molecule is Cc1ccc(NC(=O)c2nnn(-c3cccc(C)c3)c2C)cc1. The van der Waals surface area contributed by atoms with Gasteiger partial charge in [-0.05, 0) is 50.6 Å². The van der Waals surface area contributed by atoms with Gasteiger partial charge in [0.15, 0.2) is 5.69 Å². The van der Waals surface area contributed by atoms with E-state index >= 15 is 0 Å². The molecule has 5 nitrogen and oxygen atoms in total. The molecule has 0 aliphatic heterocycles. The Morgan fingerprint density at radius 1 is 1.00 bits per heavy atom. The first-order valence-electron chi connectivity index (χ1n) is 7.42. The van der Waals surface area contributed by atoms with Crippen LogP contribution in [0.3, 0.4) is 0 Å². The molecule has 0 saturated carbocycles. The van der Waals surface area contributed by atoms with Gasteiger partial charge in [0, 0.05) is 5.69 Å². The second kappa shape index (κ2) is 6.04. The van der Waals surface area contributed by atoms with Gasteiger partial charge < -0.3 is 5.32 Å². The summed E-state index contributed by atoms with van der Waals surface area (Å²) in [5.74, 6) is -0.259. The molecular formula is C18H18N4O. The first kappa shape index (κ1) is 15.0. The van der Waals surface area contributed by atoms with E-state index < -0.39 is 0 Å². The van der Waals surface area contributed by atoms with E-state index in [0.717, 1.165) is 22.5 Å². The summed E-state index contributed by atoms with van der Waals surface area (Å²) in [7, 11) is 0. The van der Waals surface area contributed by atoms with Crippen LogP contribution in [0.15, 0.2) is 48.5 Å². The van der Waals surface area contributed by atoms with Crippen molar-refractivity contribution in [2.75, 3.05) is 5.32 Å². The highest BCUT2D eigenvalue weighted by atomic mass is 16.2. The summed E-state index contributed by atoms with van der Waals surface area (Å²) in [5, 5.41) is 11.0. The van der Waals surface area contributed by atoms with E-state index in [1.54, 1.807) is 4.68 Å². The quantitative estimate of drug-likeness (QED) is 0.806. The lowest BCUT2D eigenvalue weighted by atomic mass is 10.2. The molecule has 3 rings (SSSR count). The maximum atomic E-state index is 12.4. The summed E-state index contributed by atoms with van der Waals surface area (Å²) in [4.78, 5) is 12.4. The average molecular weight is 306 g/mol. The second-order valence-corrected chi connectivity index (χ2v) is 5.59. The lowest BCUT2D eigenvalue weighted by Gasteiger charge is -2.06.